The zero-order chi connectivity index (χ0) is 24.8. The third kappa shape index (κ3) is 5.36. The van der Waals surface area contributed by atoms with Crippen molar-refractivity contribution in [3.05, 3.63) is 93.3 Å². The lowest BCUT2D eigenvalue weighted by Crippen LogP contribution is -2.08. The minimum atomic E-state index is -0.474. The van der Waals surface area contributed by atoms with Crippen LogP contribution in [-0.2, 0) is 17.8 Å². The van der Waals surface area contributed by atoms with Gasteiger partial charge in [0.05, 0.1) is 42.4 Å². The summed E-state index contributed by atoms with van der Waals surface area (Å²) in [5.74, 6) is -0.474. The van der Waals surface area contributed by atoms with Crippen molar-refractivity contribution in [3.8, 4) is 23.3 Å². The summed E-state index contributed by atoms with van der Waals surface area (Å²) in [6, 6.07) is 18.8. The minimum absolute atomic E-state index is 0.232. The van der Waals surface area contributed by atoms with E-state index in [0.29, 0.717) is 50.2 Å². The second-order valence-corrected chi connectivity index (χ2v) is 8.98. The molecule has 0 bridgehead atoms. The van der Waals surface area contributed by atoms with E-state index >= 15 is 0 Å². The maximum atomic E-state index is 12.7. The van der Waals surface area contributed by atoms with E-state index in [9.17, 15) is 10.1 Å². The largest absolute Gasteiger partial charge is 0.462 e. The van der Waals surface area contributed by atoms with Crippen molar-refractivity contribution >= 4 is 33.9 Å². The number of anilines is 1. The first-order valence-corrected chi connectivity index (χ1v) is 11.9. The van der Waals surface area contributed by atoms with Crippen LogP contribution in [0.4, 0.5) is 5.00 Å². The summed E-state index contributed by atoms with van der Waals surface area (Å²) in [5, 5.41) is 23.4. The minimum Gasteiger partial charge on any atom is -0.462 e. The van der Waals surface area contributed by atoms with Crippen LogP contribution in [0.2, 0.25) is 5.02 Å². The van der Waals surface area contributed by atoms with Crippen LogP contribution in [0.5, 0.6) is 0 Å². The van der Waals surface area contributed by atoms with E-state index in [1.807, 2.05) is 16.7 Å². The Morgan fingerprint density at radius 1 is 1.14 bits per heavy atom. The normalized spacial score (nSPS) is 10.4. The van der Waals surface area contributed by atoms with Gasteiger partial charge in [-0.1, -0.05) is 35.9 Å². The lowest BCUT2D eigenvalue weighted by atomic mass is 10.0. The molecule has 0 saturated carbocycles. The van der Waals surface area contributed by atoms with Gasteiger partial charge in [-0.05, 0) is 42.3 Å². The maximum Gasteiger partial charge on any atom is 0.349 e. The van der Waals surface area contributed by atoms with Gasteiger partial charge in [0.25, 0.3) is 0 Å². The number of nitrogens with one attached hydrogen (secondary N) is 1. The van der Waals surface area contributed by atoms with E-state index < -0.39 is 5.97 Å². The van der Waals surface area contributed by atoms with Gasteiger partial charge in [-0.25, -0.2) is 9.78 Å². The molecule has 0 radical (unpaired) electrons. The summed E-state index contributed by atoms with van der Waals surface area (Å²) in [7, 11) is 0. The number of nitriles is 2. The van der Waals surface area contributed by atoms with Crippen LogP contribution in [0.3, 0.4) is 0 Å². The number of esters is 1. The highest BCUT2D eigenvalue weighted by molar-refractivity contribution is 7.18. The molecule has 2 aromatic heterocycles. The molecule has 4 aromatic rings. The number of ether oxygens (including phenoxy) is 1. The van der Waals surface area contributed by atoms with E-state index in [1.165, 1.54) is 11.3 Å². The Hall–Kier alpha value is -4.11. The summed E-state index contributed by atoms with van der Waals surface area (Å²) < 4.78 is 7.24. The Labute approximate surface area is 211 Å². The monoisotopic (exact) mass is 501 g/mol. The quantitative estimate of drug-likeness (QED) is 0.304. The van der Waals surface area contributed by atoms with Crippen molar-refractivity contribution in [1.82, 2.24) is 9.55 Å². The molecule has 0 aliphatic rings. The van der Waals surface area contributed by atoms with E-state index in [1.54, 1.807) is 55.8 Å². The Bertz CT molecular complexity index is 1430. The van der Waals surface area contributed by atoms with Gasteiger partial charge in [0.15, 0.2) is 0 Å². The van der Waals surface area contributed by atoms with Crippen molar-refractivity contribution in [2.45, 2.75) is 20.0 Å². The number of rotatable bonds is 8. The lowest BCUT2D eigenvalue weighted by molar-refractivity contribution is 0.0533. The number of benzene rings is 2. The fourth-order valence-corrected chi connectivity index (χ4v) is 4.77. The highest BCUT2D eigenvalue weighted by Crippen LogP contribution is 2.41. The van der Waals surface area contributed by atoms with E-state index in [2.05, 4.69) is 22.4 Å². The molecule has 174 valence electrons. The van der Waals surface area contributed by atoms with Gasteiger partial charge in [0, 0.05) is 23.3 Å². The molecule has 0 aliphatic heterocycles. The van der Waals surface area contributed by atoms with Crippen LogP contribution in [0.1, 0.15) is 39.0 Å². The van der Waals surface area contributed by atoms with Gasteiger partial charge in [-0.3, -0.25) is 0 Å². The molecule has 0 unspecified atom stereocenters. The average Bonchev–Trinajstić information content (AvgIpc) is 3.47. The number of aromatic nitrogens is 2. The van der Waals surface area contributed by atoms with Gasteiger partial charge in [0.1, 0.15) is 15.9 Å². The maximum absolute atomic E-state index is 12.7. The number of thiophene rings is 1. The zero-order valence-corrected chi connectivity index (χ0v) is 20.4. The van der Waals surface area contributed by atoms with Crippen molar-refractivity contribution in [2.75, 3.05) is 11.9 Å². The van der Waals surface area contributed by atoms with Crippen LogP contribution < -0.4 is 5.32 Å². The average molecular weight is 502 g/mol. The standard InChI is InChI=1S/C26H20ClN5O2S/c1-2-34-26(33)24-23(19-7-9-20(27)10-8-19)22(12-29)25(35-24)31-14-21-13-30-16-32(21)15-18-5-3-17(11-28)4-6-18/h3-10,13,16,31H,2,14-15H2,1H3. The van der Waals surface area contributed by atoms with Crippen LogP contribution in [0.25, 0.3) is 11.1 Å². The molecule has 0 fully saturated rings. The Morgan fingerprint density at radius 3 is 2.54 bits per heavy atom. The molecule has 0 spiro atoms. The van der Waals surface area contributed by atoms with E-state index in [4.69, 9.17) is 21.6 Å². The fourth-order valence-electron chi connectivity index (χ4n) is 3.58. The molecule has 1 N–H and O–H groups in total. The van der Waals surface area contributed by atoms with Gasteiger partial charge in [-0.15, -0.1) is 11.3 Å². The van der Waals surface area contributed by atoms with E-state index in [0.717, 1.165) is 11.3 Å². The first kappa shape index (κ1) is 24.0. The topological polar surface area (TPSA) is 104 Å². The zero-order valence-electron chi connectivity index (χ0n) is 18.8. The number of imidazole rings is 1. The van der Waals surface area contributed by atoms with Crippen LogP contribution in [-0.4, -0.2) is 22.1 Å². The predicted molar refractivity (Wildman–Crippen MR) is 135 cm³/mol. The number of halogens is 1. The summed E-state index contributed by atoms with van der Waals surface area (Å²) in [4.78, 5) is 17.3. The van der Waals surface area contributed by atoms with Gasteiger partial charge < -0.3 is 14.6 Å². The van der Waals surface area contributed by atoms with Gasteiger partial charge in [-0.2, -0.15) is 10.5 Å². The van der Waals surface area contributed by atoms with E-state index in [-0.39, 0.29) is 6.61 Å². The molecule has 2 aromatic carbocycles. The number of carbonyl (C=O) groups is 1. The van der Waals surface area contributed by atoms with Crippen LogP contribution >= 0.6 is 22.9 Å². The molecule has 0 amide bonds. The number of nitrogens with zero attached hydrogens (tertiary/aromatic N) is 4. The highest BCUT2D eigenvalue weighted by Gasteiger charge is 2.25. The number of hydrogen-bond acceptors (Lipinski definition) is 7. The number of carbonyl (C=O) groups excluding carboxylic acids is 1. The molecule has 4 rings (SSSR count). The third-order valence-electron chi connectivity index (χ3n) is 5.28. The van der Waals surface area contributed by atoms with Crippen LogP contribution in [0, 0.1) is 22.7 Å². The highest BCUT2D eigenvalue weighted by atomic mass is 35.5. The second kappa shape index (κ2) is 10.9. The van der Waals surface area contributed by atoms with Crippen molar-refractivity contribution in [3.63, 3.8) is 0 Å². The van der Waals surface area contributed by atoms with Gasteiger partial charge in [0.2, 0.25) is 0 Å². The Morgan fingerprint density at radius 2 is 1.89 bits per heavy atom. The summed E-state index contributed by atoms with van der Waals surface area (Å²) in [6.07, 6.45) is 3.49. The summed E-state index contributed by atoms with van der Waals surface area (Å²) in [5.41, 5.74) is 4.16. The SMILES string of the molecule is CCOC(=O)c1sc(NCc2cncn2Cc2ccc(C#N)cc2)c(C#N)c1-c1ccc(Cl)cc1. The molecule has 9 heteroatoms. The first-order valence-electron chi connectivity index (χ1n) is 10.8. The summed E-state index contributed by atoms with van der Waals surface area (Å²) in [6.45, 7) is 2.96. The van der Waals surface area contributed by atoms with Crippen molar-refractivity contribution in [1.29, 1.82) is 10.5 Å². The summed E-state index contributed by atoms with van der Waals surface area (Å²) >= 11 is 7.23. The molecule has 0 saturated heterocycles. The molecule has 0 aliphatic carbocycles. The molecular formula is C26H20ClN5O2S. The molecule has 7 nitrogen and oxygen atoms in total. The predicted octanol–water partition coefficient (Wildman–Crippen LogP) is 5.85. The van der Waals surface area contributed by atoms with Crippen molar-refractivity contribution in [2.24, 2.45) is 0 Å². The third-order valence-corrected chi connectivity index (χ3v) is 6.66. The van der Waals surface area contributed by atoms with Gasteiger partial charge >= 0.3 is 5.97 Å². The lowest BCUT2D eigenvalue weighted by Gasteiger charge is -2.10. The second-order valence-electron chi connectivity index (χ2n) is 7.52. The van der Waals surface area contributed by atoms with Crippen molar-refractivity contribution < 1.29 is 9.53 Å². The molecule has 35 heavy (non-hydrogen) atoms. The van der Waals surface area contributed by atoms with Crippen LogP contribution in [0.15, 0.2) is 61.1 Å². The smallest absolute Gasteiger partial charge is 0.349 e. The molecule has 2 heterocycles. The first-order chi connectivity index (χ1) is 17.0. The Balaban J connectivity index is 1.62. The Kier molecular flexibility index (Phi) is 7.47. The number of hydrogen-bond donors (Lipinski definition) is 1. The molecule has 0 atom stereocenters. The fraction of sp³-hybridized carbons (Fsp3) is 0.154. The molecular weight excluding hydrogens is 482 g/mol.